The number of hydrogen-bond donors (Lipinski definition) is 0. The highest BCUT2D eigenvalue weighted by Gasteiger charge is 2.10. The number of benzene rings is 1. The second kappa shape index (κ2) is 5.44. The number of esters is 1. The van der Waals surface area contributed by atoms with Crippen LogP contribution in [0.2, 0.25) is 0 Å². The molecule has 0 saturated heterocycles. The largest absolute Gasteiger partial charge is 0.465 e. The molecule has 0 amide bonds. The van der Waals surface area contributed by atoms with Crippen molar-refractivity contribution in [3.05, 3.63) is 29.8 Å². The van der Waals surface area contributed by atoms with Crippen LogP contribution in [0.3, 0.4) is 0 Å². The maximum atomic E-state index is 11.3. The minimum absolute atomic E-state index is 0.341. The number of aldehydes is 1. The summed E-state index contributed by atoms with van der Waals surface area (Å²) in [6.45, 7) is 0. The predicted octanol–water partition coefficient (Wildman–Crippen LogP) is 1.76. The fourth-order valence-corrected chi connectivity index (χ4v) is 1.72. The Balaban J connectivity index is 2.90. The third kappa shape index (κ3) is 2.60. The van der Waals surface area contributed by atoms with Crippen LogP contribution in [0.25, 0.3) is 0 Å². The Morgan fingerprint density at radius 2 is 2.21 bits per heavy atom. The Kier molecular flexibility index (Phi) is 4.19. The quantitative estimate of drug-likeness (QED) is 0.431. The van der Waals surface area contributed by atoms with Crippen molar-refractivity contribution in [1.82, 2.24) is 0 Å². The highest BCUT2D eigenvalue weighted by Crippen LogP contribution is 2.22. The second-order valence-electron chi connectivity index (χ2n) is 2.47. The van der Waals surface area contributed by atoms with E-state index in [-0.39, 0.29) is 5.97 Å². The number of methoxy groups -OCH3 is 1. The summed E-state index contributed by atoms with van der Waals surface area (Å²) in [6, 6.07) is 7.05. The van der Waals surface area contributed by atoms with E-state index in [2.05, 4.69) is 4.74 Å². The third-order valence-electron chi connectivity index (χ3n) is 1.60. The summed E-state index contributed by atoms with van der Waals surface area (Å²) < 4.78 is 4.62. The molecule has 0 aromatic heterocycles. The van der Waals surface area contributed by atoms with Crippen LogP contribution in [0, 0.1) is 0 Å². The van der Waals surface area contributed by atoms with E-state index in [0.717, 1.165) is 11.2 Å². The van der Waals surface area contributed by atoms with Crippen molar-refractivity contribution >= 4 is 24.0 Å². The molecular weight excluding hydrogens is 200 g/mol. The van der Waals surface area contributed by atoms with Gasteiger partial charge in [0.25, 0.3) is 0 Å². The average Bonchev–Trinajstić information content (AvgIpc) is 2.25. The van der Waals surface area contributed by atoms with E-state index in [9.17, 15) is 9.59 Å². The van der Waals surface area contributed by atoms with Gasteiger partial charge in [-0.15, -0.1) is 11.8 Å². The van der Waals surface area contributed by atoms with E-state index in [1.807, 2.05) is 6.07 Å². The molecule has 0 aliphatic heterocycles. The first-order valence-corrected chi connectivity index (χ1v) is 5.02. The minimum Gasteiger partial charge on any atom is -0.465 e. The van der Waals surface area contributed by atoms with Gasteiger partial charge in [0.05, 0.1) is 18.4 Å². The molecular formula is C10H10O3S. The lowest BCUT2D eigenvalue weighted by Gasteiger charge is -2.04. The Hall–Kier alpha value is -1.29. The first-order chi connectivity index (χ1) is 6.79. The summed E-state index contributed by atoms with van der Waals surface area (Å²) in [5.41, 5.74) is 0.502. The maximum absolute atomic E-state index is 11.3. The zero-order valence-corrected chi connectivity index (χ0v) is 8.54. The zero-order valence-electron chi connectivity index (χ0n) is 7.73. The molecule has 0 atom stereocenters. The average molecular weight is 210 g/mol. The van der Waals surface area contributed by atoms with Gasteiger partial charge in [0, 0.05) is 4.90 Å². The first-order valence-electron chi connectivity index (χ1n) is 4.03. The summed E-state index contributed by atoms with van der Waals surface area (Å²) in [4.78, 5) is 22.2. The van der Waals surface area contributed by atoms with Gasteiger partial charge in [-0.05, 0) is 12.1 Å². The van der Waals surface area contributed by atoms with Crippen molar-refractivity contribution in [3.63, 3.8) is 0 Å². The SMILES string of the molecule is COC(=O)c1ccccc1SCC=O. The molecule has 0 N–H and O–H groups in total. The Labute approximate surface area is 86.5 Å². The van der Waals surface area contributed by atoms with Crippen LogP contribution < -0.4 is 0 Å². The van der Waals surface area contributed by atoms with Crippen LogP contribution in [-0.4, -0.2) is 25.1 Å². The van der Waals surface area contributed by atoms with Crippen LogP contribution in [0.4, 0.5) is 0 Å². The molecule has 0 aliphatic carbocycles. The molecule has 1 aromatic rings. The monoisotopic (exact) mass is 210 g/mol. The Bertz CT molecular complexity index is 336. The number of ether oxygens (including phenoxy) is 1. The molecule has 1 rings (SSSR count). The van der Waals surface area contributed by atoms with Gasteiger partial charge in [-0.25, -0.2) is 4.79 Å². The van der Waals surface area contributed by atoms with Gasteiger partial charge in [-0.1, -0.05) is 12.1 Å². The number of thioether (sulfide) groups is 1. The molecule has 14 heavy (non-hydrogen) atoms. The number of carbonyl (C=O) groups is 2. The fraction of sp³-hybridized carbons (Fsp3) is 0.200. The maximum Gasteiger partial charge on any atom is 0.338 e. The normalized spacial score (nSPS) is 9.50. The van der Waals surface area contributed by atoms with Gasteiger partial charge in [0.2, 0.25) is 0 Å². The molecule has 0 unspecified atom stereocenters. The van der Waals surface area contributed by atoms with Crippen LogP contribution in [0.1, 0.15) is 10.4 Å². The summed E-state index contributed by atoms with van der Waals surface area (Å²) in [5, 5.41) is 0. The van der Waals surface area contributed by atoms with Crippen LogP contribution in [0.5, 0.6) is 0 Å². The molecule has 74 valence electrons. The molecule has 0 spiro atoms. The van der Waals surface area contributed by atoms with Gasteiger partial charge >= 0.3 is 5.97 Å². The molecule has 0 bridgehead atoms. The molecule has 0 aliphatic rings. The van der Waals surface area contributed by atoms with Crippen LogP contribution >= 0.6 is 11.8 Å². The van der Waals surface area contributed by atoms with E-state index in [0.29, 0.717) is 11.3 Å². The van der Waals surface area contributed by atoms with Gasteiger partial charge in [0.15, 0.2) is 0 Å². The van der Waals surface area contributed by atoms with E-state index in [1.165, 1.54) is 18.9 Å². The fourth-order valence-electron chi connectivity index (χ4n) is 0.995. The third-order valence-corrected chi connectivity index (χ3v) is 2.57. The lowest BCUT2D eigenvalue weighted by molar-refractivity contribution is -0.105. The van der Waals surface area contributed by atoms with Crippen molar-refractivity contribution < 1.29 is 14.3 Å². The summed E-state index contributed by atoms with van der Waals surface area (Å²) in [7, 11) is 1.34. The molecule has 0 saturated carbocycles. The lowest BCUT2D eigenvalue weighted by Crippen LogP contribution is -2.02. The molecule has 4 heteroatoms. The van der Waals surface area contributed by atoms with E-state index < -0.39 is 0 Å². The number of rotatable bonds is 4. The minimum atomic E-state index is -0.376. The number of carbonyl (C=O) groups excluding carboxylic acids is 2. The molecule has 3 nitrogen and oxygen atoms in total. The van der Waals surface area contributed by atoms with E-state index in [4.69, 9.17) is 0 Å². The molecule has 1 aromatic carbocycles. The molecule has 0 radical (unpaired) electrons. The van der Waals surface area contributed by atoms with E-state index >= 15 is 0 Å². The van der Waals surface area contributed by atoms with Gasteiger partial charge in [0.1, 0.15) is 6.29 Å². The predicted molar refractivity (Wildman–Crippen MR) is 54.6 cm³/mol. The van der Waals surface area contributed by atoms with Crippen LogP contribution in [-0.2, 0) is 9.53 Å². The van der Waals surface area contributed by atoms with Gasteiger partial charge < -0.3 is 9.53 Å². The smallest absolute Gasteiger partial charge is 0.338 e. The summed E-state index contributed by atoms with van der Waals surface area (Å²) >= 11 is 1.32. The van der Waals surface area contributed by atoms with Crippen molar-refractivity contribution in [2.24, 2.45) is 0 Å². The van der Waals surface area contributed by atoms with Crippen LogP contribution in [0.15, 0.2) is 29.2 Å². The van der Waals surface area contributed by atoms with Crippen molar-refractivity contribution in [1.29, 1.82) is 0 Å². The second-order valence-corrected chi connectivity index (χ2v) is 3.53. The first kappa shape index (κ1) is 10.8. The lowest BCUT2D eigenvalue weighted by atomic mass is 10.2. The standard InChI is InChI=1S/C10H10O3S/c1-13-10(12)8-4-2-3-5-9(8)14-7-6-11/h2-6H,7H2,1H3. The molecule has 0 heterocycles. The van der Waals surface area contributed by atoms with Crippen molar-refractivity contribution in [2.75, 3.05) is 12.9 Å². The highest BCUT2D eigenvalue weighted by atomic mass is 32.2. The van der Waals surface area contributed by atoms with Crippen molar-refractivity contribution in [3.8, 4) is 0 Å². The Morgan fingerprint density at radius 1 is 1.50 bits per heavy atom. The highest BCUT2D eigenvalue weighted by molar-refractivity contribution is 8.00. The Morgan fingerprint density at radius 3 is 2.86 bits per heavy atom. The topological polar surface area (TPSA) is 43.4 Å². The zero-order chi connectivity index (χ0) is 10.4. The van der Waals surface area contributed by atoms with Crippen molar-refractivity contribution in [2.45, 2.75) is 4.90 Å². The summed E-state index contributed by atoms with van der Waals surface area (Å²) in [6.07, 6.45) is 0.804. The van der Waals surface area contributed by atoms with Gasteiger partial charge in [-0.2, -0.15) is 0 Å². The van der Waals surface area contributed by atoms with Gasteiger partial charge in [-0.3, -0.25) is 0 Å². The molecule has 0 fully saturated rings. The summed E-state index contributed by atoms with van der Waals surface area (Å²) in [5.74, 6) is -0.0346. The van der Waals surface area contributed by atoms with E-state index in [1.54, 1.807) is 18.2 Å². The number of hydrogen-bond acceptors (Lipinski definition) is 4.